The minimum Gasteiger partial charge on any atom is -0.483 e. The van der Waals surface area contributed by atoms with E-state index in [1.165, 1.54) is 0 Å². The van der Waals surface area contributed by atoms with Crippen molar-refractivity contribution in [3.05, 3.63) is 62.5 Å². The number of halogens is 2. The summed E-state index contributed by atoms with van der Waals surface area (Å²) in [6.45, 7) is 2.31. The third-order valence-corrected chi connectivity index (χ3v) is 5.35. The minimum atomic E-state index is -0.0550. The molecular formula is C21H18Br2N2O3. The first-order valence-electron chi connectivity index (χ1n) is 8.72. The maximum Gasteiger partial charge on any atom is 0.260 e. The highest BCUT2D eigenvalue weighted by Gasteiger charge is 2.17. The van der Waals surface area contributed by atoms with E-state index in [0.29, 0.717) is 37.6 Å². The Hall–Kier alpha value is -2.14. The SMILES string of the molecule is N#C/C(=C/c1ccc(OCC(=O)N2CCOCC2)c(Br)c1)c1cccc(Br)c1. The van der Waals surface area contributed by atoms with Crippen LogP contribution in [0.15, 0.2) is 51.4 Å². The predicted molar refractivity (Wildman–Crippen MR) is 115 cm³/mol. The van der Waals surface area contributed by atoms with Gasteiger partial charge in [-0.05, 0) is 57.4 Å². The van der Waals surface area contributed by atoms with Crippen LogP contribution in [0.25, 0.3) is 11.6 Å². The number of morpholine rings is 1. The summed E-state index contributed by atoms with van der Waals surface area (Å²) >= 11 is 6.91. The van der Waals surface area contributed by atoms with E-state index in [4.69, 9.17) is 9.47 Å². The van der Waals surface area contributed by atoms with Gasteiger partial charge in [-0.1, -0.05) is 34.1 Å². The molecule has 0 aromatic heterocycles. The summed E-state index contributed by atoms with van der Waals surface area (Å²) in [5, 5.41) is 9.50. The van der Waals surface area contributed by atoms with Crippen molar-refractivity contribution in [2.24, 2.45) is 0 Å². The van der Waals surface area contributed by atoms with Crippen molar-refractivity contribution in [2.75, 3.05) is 32.9 Å². The number of nitriles is 1. The fraction of sp³-hybridized carbons (Fsp3) is 0.238. The fourth-order valence-electron chi connectivity index (χ4n) is 2.77. The van der Waals surface area contributed by atoms with Crippen LogP contribution < -0.4 is 4.74 Å². The number of carbonyl (C=O) groups excluding carboxylic acids is 1. The van der Waals surface area contributed by atoms with Crippen LogP contribution in [0.3, 0.4) is 0 Å². The molecule has 1 amide bonds. The summed E-state index contributed by atoms with van der Waals surface area (Å²) in [4.78, 5) is 13.9. The Morgan fingerprint density at radius 2 is 2.00 bits per heavy atom. The number of hydrogen-bond donors (Lipinski definition) is 0. The van der Waals surface area contributed by atoms with E-state index in [1.807, 2.05) is 42.5 Å². The van der Waals surface area contributed by atoms with Gasteiger partial charge < -0.3 is 14.4 Å². The minimum absolute atomic E-state index is 0.0186. The zero-order valence-corrected chi connectivity index (χ0v) is 18.2. The first-order chi connectivity index (χ1) is 13.6. The average Bonchev–Trinajstić information content (AvgIpc) is 2.71. The van der Waals surface area contributed by atoms with Crippen LogP contribution in [0.5, 0.6) is 5.75 Å². The fourth-order valence-corrected chi connectivity index (χ4v) is 3.68. The number of rotatable bonds is 5. The second kappa shape index (κ2) is 9.87. The average molecular weight is 506 g/mol. The molecule has 1 heterocycles. The molecule has 1 aliphatic heterocycles. The zero-order chi connectivity index (χ0) is 19.9. The Labute approximate surface area is 180 Å². The third kappa shape index (κ3) is 5.44. The smallest absolute Gasteiger partial charge is 0.260 e. The highest BCUT2D eigenvalue weighted by Crippen LogP contribution is 2.28. The molecule has 0 saturated carbocycles. The topological polar surface area (TPSA) is 62.6 Å². The number of ether oxygens (including phenoxy) is 2. The summed E-state index contributed by atoms with van der Waals surface area (Å²) in [5.74, 6) is 0.528. The first-order valence-corrected chi connectivity index (χ1v) is 10.3. The van der Waals surface area contributed by atoms with E-state index in [0.717, 1.165) is 20.1 Å². The summed E-state index contributed by atoms with van der Waals surface area (Å²) in [6, 6.07) is 15.4. The van der Waals surface area contributed by atoms with E-state index in [2.05, 4.69) is 37.9 Å². The molecule has 0 aliphatic carbocycles. The van der Waals surface area contributed by atoms with Gasteiger partial charge in [-0.25, -0.2) is 0 Å². The molecule has 1 aliphatic rings. The van der Waals surface area contributed by atoms with Gasteiger partial charge in [0.2, 0.25) is 0 Å². The molecule has 7 heteroatoms. The number of carbonyl (C=O) groups is 1. The van der Waals surface area contributed by atoms with Crippen LogP contribution in [0, 0.1) is 11.3 Å². The van der Waals surface area contributed by atoms with Crippen LogP contribution in [0.1, 0.15) is 11.1 Å². The van der Waals surface area contributed by atoms with Crippen LogP contribution in [-0.4, -0.2) is 43.7 Å². The van der Waals surface area contributed by atoms with Crippen molar-refractivity contribution in [1.82, 2.24) is 4.90 Å². The molecule has 144 valence electrons. The van der Waals surface area contributed by atoms with Crippen molar-refractivity contribution in [3.63, 3.8) is 0 Å². The predicted octanol–water partition coefficient (Wildman–Crippen LogP) is 4.51. The molecule has 1 saturated heterocycles. The lowest BCUT2D eigenvalue weighted by atomic mass is 10.0. The largest absolute Gasteiger partial charge is 0.483 e. The Balaban J connectivity index is 1.69. The van der Waals surface area contributed by atoms with Crippen LogP contribution in [0.2, 0.25) is 0 Å². The lowest BCUT2D eigenvalue weighted by Gasteiger charge is -2.26. The molecule has 0 radical (unpaired) electrons. The molecule has 28 heavy (non-hydrogen) atoms. The van der Waals surface area contributed by atoms with E-state index < -0.39 is 0 Å². The molecule has 0 unspecified atom stereocenters. The number of nitrogens with zero attached hydrogens (tertiary/aromatic N) is 2. The van der Waals surface area contributed by atoms with E-state index in [-0.39, 0.29) is 12.5 Å². The highest BCUT2D eigenvalue weighted by atomic mass is 79.9. The van der Waals surface area contributed by atoms with Crippen LogP contribution in [0.4, 0.5) is 0 Å². The molecule has 2 aromatic rings. The van der Waals surface area contributed by atoms with E-state index in [9.17, 15) is 10.1 Å². The van der Waals surface area contributed by atoms with Crippen molar-refractivity contribution in [3.8, 4) is 11.8 Å². The summed E-state index contributed by atoms with van der Waals surface area (Å²) in [5.41, 5.74) is 2.25. The van der Waals surface area contributed by atoms with Crippen LogP contribution in [-0.2, 0) is 9.53 Å². The molecule has 2 aromatic carbocycles. The Bertz CT molecular complexity index is 931. The number of allylic oxidation sites excluding steroid dienone is 1. The second-order valence-electron chi connectivity index (χ2n) is 6.15. The third-order valence-electron chi connectivity index (χ3n) is 4.24. The number of hydrogen-bond acceptors (Lipinski definition) is 4. The van der Waals surface area contributed by atoms with Crippen molar-refractivity contribution in [1.29, 1.82) is 5.26 Å². The second-order valence-corrected chi connectivity index (χ2v) is 7.92. The molecular weight excluding hydrogens is 488 g/mol. The molecule has 5 nitrogen and oxygen atoms in total. The van der Waals surface area contributed by atoms with Gasteiger partial charge in [-0.15, -0.1) is 0 Å². The maximum absolute atomic E-state index is 12.2. The van der Waals surface area contributed by atoms with Gasteiger partial charge in [0.15, 0.2) is 6.61 Å². The standard InChI is InChI=1S/C21H18Br2N2O3/c22-18-3-1-2-16(12-18)17(13-24)10-15-4-5-20(19(23)11-15)28-14-21(26)25-6-8-27-9-7-25/h1-5,10-12H,6-9,14H2/b17-10-. The van der Waals surface area contributed by atoms with E-state index >= 15 is 0 Å². The highest BCUT2D eigenvalue weighted by molar-refractivity contribution is 9.10. The Morgan fingerprint density at radius 1 is 1.21 bits per heavy atom. The van der Waals surface area contributed by atoms with E-state index in [1.54, 1.807) is 11.0 Å². The van der Waals surface area contributed by atoms with Gasteiger partial charge in [-0.3, -0.25) is 4.79 Å². The molecule has 1 fully saturated rings. The molecule has 0 atom stereocenters. The van der Waals surface area contributed by atoms with Crippen molar-refractivity contribution >= 4 is 49.4 Å². The van der Waals surface area contributed by atoms with Gasteiger partial charge in [0.25, 0.3) is 5.91 Å². The van der Waals surface area contributed by atoms with Gasteiger partial charge in [0.1, 0.15) is 5.75 Å². The Morgan fingerprint density at radius 3 is 2.68 bits per heavy atom. The molecule has 0 N–H and O–H groups in total. The monoisotopic (exact) mass is 504 g/mol. The van der Waals surface area contributed by atoms with Gasteiger partial charge >= 0.3 is 0 Å². The molecule has 3 rings (SSSR count). The summed E-state index contributed by atoms with van der Waals surface area (Å²) < 4.78 is 12.6. The summed E-state index contributed by atoms with van der Waals surface area (Å²) in [6.07, 6.45) is 1.81. The van der Waals surface area contributed by atoms with Crippen molar-refractivity contribution in [2.45, 2.75) is 0 Å². The molecule has 0 bridgehead atoms. The van der Waals surface area contributed by atoms with Crippen molar-refractivity contribution < 1.29 is 14.3 Å². The zero-order valence-electron chi connectivity index (χ0n) is 15.0. The normalized spacial score (nSPS) is 14.5. The number of benzene rings is 2. The quantitative estimate of drug-likeness (QED) is 0.443. The molecule has 0 spiro atoms. The summed E-state index contributed by atoms with van der Waals surface area (Å²) in [7, 11) is 0. The lowest BCUT2D eigenvalue weighted by Crippen LogP contribution is -2.43. The van der Waals surface area contributed by atoms with Crippen LogP contribution >= 0.6 is 31.9 Å². The lowest BCUT2D eigenvalue weighted by molar-refractivity contribution is -0.137. The van der Waals surface area contributed by atoms with Gasteiger partial charge in [0, 0.05) is 17.6 Å². The number of amides is 1. The van der Waals surface area contributed by atoms with Gasteiger partial charge in [-0.2, -0.15) is 5.26 Å². The first kappa shape index (κ1) is 20.6. The maximum atomic E-state index is 12.2. The van der Waals surface area contributed by atoms with Gasteiger partial charge in [0.05, 0.1) is 29.3 Å². The Kier molecular flexibility index (Phi) is 7.26.